The Hall–Kier alpha value is -1.68. The smallest absolute Gasteiger partial charge is 0.223 e. The van der Waals surface area contributed by atoms with Crippen LogP contribution in [0.15, 0.2) is 22.7 Å². The number of benzene rings is 1. The second-order valence-electron chi connectivity index (χ2n) is 3.94. The molecule has 0 saturated heterocycles. The van der Waals surface area contributed by atoms with Crippen molar-refractivity contribution in [2.24, 2.45) is 5.73 Å². The largest absolute Gasteiger partial charge is 0.340 e. The summed E-state index contributed by atoms with van der Waals surface area (Å²) in [4.78, 5) is 4.15. The van der Waals surface area contributed by atoms with Gasteiger partial charge in [-0.2, -0.15) is 4.98 Å². The Morgan fingerprint density at radius 3 is 2.62 bits per heavy atom. The van der Waals surface area contributed by atoms with Gasteiger partial charge in [-0.05, 0) is 30.5 Å². The fraction of sp³-hybridized carbons (Fsp3) is 0.333. The third kappa shape index (κ3) is 1.84. The van der Waals surface area contributed by atoms with Gasteiger partial charge in [0.25, 0.3) is 0 Å². The van der Waals surface area contributed by atoms with Crippen LogP contribution < -0.4 is 5.73 Å². The monoisotopic (exact) mass is 217 g/mol. The van der Waals surface area contributed by atoms with Crippen molar-refractivity contribution in [3.63, 3.8) is 0 Å². The summed E-state index contributed by atoms with van der Waals surface area (Å²) in [7, 11) is 0. The van der Waals surface area contributed by atoms with Crippen LogP contribution in [0.4, 0.5) is 0 Å². The van der Waals surface area contributed by atoms with Crippen LogP contribution in [-0.2, 0) is 0 Å². The van der Waals surface area contributed by atoms with Gasteiger partial charge in [0.05, 0.1) is 6.04 Å². The van der Waals surface area contributed by atoms with Gasteiger partial charge >= 0.3 is 0 Å². The lowest BCUT2D eigenvalue weighted by Gasteiger charge is -2.12. The Labute approximate surface area is 94.5 Å². The van der Waals surface area contributed by atoms with Gasteiger partial charge in [0.1, 0.15) is 0 Å². The molecule has 4 nitrogen and oxygen atoms in total. The maximum absolute atomic E-state index is 6.11. The molecular weight excluding hydrogens is 202 g/mol. The van der Waals surface area contributed by atoms with Crippen molar-refractivity contribution in [3.05, 3.63) is 46.6 Å². The summed E-state index contributed by atoms with van der Waals surface area (Å²) in [5, 5.41) is 3.85. The highest BCUT2D eigenvalue weighted by molar-refractivity contribution is 5.37. The second-order valence-corrected chi connectivity index (χ2v) is 3.94. The average molecular weight is 217 g/mol. The van der Waals surface area contributed by atoms with Crippen LogP contribution >= 0.6 is 0 Å². The SMILES string of the molecule is Cc1nc(C(N)c2cccc(C)c2C)no1. The van der Waals surface area contributed by atoms with Crippen LogP contribution in [0.3, 0.4) is 0 Å². The van der Waals surface area contributed by atoms with Crippen molar-refractivity contribution >= 4 is 0 Å². The van der Waals surface area contributed by atoms with Crippen molar-refractivity contribution in [2.45, 2.75) is 26.8 Å². The highest BCUT2D eigenvalue weighted by Crippen LogP contribution is 2.22. The molecule has 84 valence electrons. The number of rotatable bonds is 2. The van der Waals surface area contributed by atoms with Crippen LogP contribution in [0.5, 0.6) is 0 Å². The summed E-state index contributed by atoms with van der Waals surface area (Å²) >= 11 is 0. The van der Waals surface area contributed by atoms with E-state index < -0.39 is 0 Å². The molecule has 0 aliphatic heterocycles. The second kappa shape index (κ2) is 4.06. The highest BCUT2D eigenvalue weighted by atomic mass is 16.5. The van der Waals surface area contributed by atoms with Crippen LogP contribution in [-0.4, -0.2) is 10.1 Å². The van der Waals surface area contributed by atoms with Crippen molar-refractivity contribution < 1.29 is 4.52 Å². The molecule has 0 amide bonds. The summed E-state index contributed by atoms with van der Waals surface area (Å²) < 4.78 is 4.94. The normalized spacial score (nSPS) is 12.8. The van der Waals surface area contributed by atoms with E-state index in [1.807, 2.05) is 12.1 Å². The van der Waals surface area contributed by atoms with Crippen LogP contribution in [0.2, 0.25) is 0 Å². The number of hydrogen-bond acceptors (Lipinski definition) is 4. The Morgan fingerprint density at radius 1 is 1.25 bits per heavy atom. The summed E-state index contributed by atoms with van der Waals surface area (Å²) in [6.07, 6.45) is 0. The van der Waals surface area contributed by atoms with Gasteiger partial charge in [-0.25, -0.2) is 0 Å². The molecular formula is C12H15N3O. The van der Waals surface area contributed by atoms with E-state index in [0.29, 0.717) is 11.7 Å². The molecule has 0 aliphatic rings. The van der Waals surface area contributed by atoms with Gasteiger partial charge in [0.2, 0.25) is 5.89 Å². The zero-order valence-corrected chi connectivity index (χ0v) is 9.69. The molecule has 0 radical (unpaired) electrons. The molecule has 0 aliphatic carbocycles. The fourth-order valence-corrected chi connectivity index (χ4v) is 1.69. The predicted octanol–water partition coefficient (Wildman–Crippen LogP) is 2.04. The summed E-state index contributed by atoms with van der Waals surface area (Å²) in [6.45, 7) is 5.87. The van der Waals surface area contributed by atoms with Gasteiger partial charge in [-0.1, -0.05) is 23.4 Å². The van der Waals surface area contributed by atoms with Gasteiger partial charge in [-0.3, -0.25) is 0 Å². The standard InChI is InChI=1S/C12H15N3O/c1-7-5-4-6-10(8(7)2)11(13)12-14-9(3)16-15-12/h4-6,11H,13H2,1-3H3. The van der Waals surface area contributed by atoms with Crippen molar-refractivity contribution in [1.82, 2.24) is 10.1 Å². The van der Waals surface area contributed by atoms with E-state index in [1.165, 1.54) is 11.1 Å². The first kappa shape index (κ1) is 10.8. The zero-order valence-electron chi connectivity index (χ0n) is 9.69. The molecule has 1 atom stereocenters. The molecule has 1 aromatic carbocycles. The number of hydrogen-bond donors (Lipinski definition) is 1. The molecule has 1 aromatic heterocycles. The van der Waals surface area contributed by atoms with Crippen molar-refractivity contribution in [1.29, 1.82) is 0 Å². The van der Waals surface area contributed by atoms with Gasteiger partial charge in [0.15, 0.2) is 5.82 Å². The minimum absolute atomic E-state index is 0.322. The highest BCUT2D eigenvalue weighted by Gasteiger charge is 2.17. The number of aryl methyl sites for hydroxylation is 2. The van der Waals surface area contributed by atoms with E-state index in [1.54, 1.807) is 6.92 Å². The Balaban J connectivity index is 2.41. The lowest BCUT2D eigenvalue weighted by atomic mass is 9.98. The zero-order chi connectivity index (χ0) is 11.7. The fourth-order valence-electron chi connectivity index (χ4n) is 1.69. The van der Waals surface area contributed by atoms with Gasteiger partial charge in [-0.15, -0.1) is 0 Å². The van der Waals surface area contributed by atoms with E-state index in [-0.39, 0.29) is 6.04 Å². The maximum atomic E-state index is 6.11. The molecule has 4 heteroatoms. The Kier molecular flexibility index (Phi) is 2.75. The molecule has 2 rings (SSSR count). The molecule has 0 fully saturated rings. The molecule has 2 N–H and O–H groups in total. The Bertz CT molecular complexity index is 505. The molecule has 2 aromatic rings. The van der Waals surface area contributed by atoms with Gasteiger partial charge in [0, 0.05) is 6.92 Å². The molecule has 1 heterocycles. The third-order valence-corrected chi connectivity index (χ3v) is 2.80. The van der Waals surface area contributed by atoms with Crippen LogP contribution in [0, 0.1) is 20.8 Å². The molecule has 0 bridgehead atoms. The van der Waals surface area contributed by atoms with E-state index in [9.17, 15) is 0 Å². The number of nitrogens with two attached hydrogens (primary N) is 1. The summed E-state index contributed by atoms with van der Waals surface area (Å²) in [5.74, 6) is 1.07. The first-order chi connectivity index (χ1) is 7.59. The lowest BCUT2D eigenvalue weighted by molar-refractivity contribution is 0.385. The average Bonchev–Trinajstić information content (AvgIpc) is 2.68. The molecule has 0 spiro atoms. The number of aromatic nitrogens is 2. The summed E-state index contributed by atoms with van der Waals surface area (Å²) in [5.41, 5.74) is 9.55. The summed E-state index contributed by atoms with van der Waals surface area (Å²) in [6, 6.07) is 5.73. The minimum Gasteiger partial charge on any atom is -0.340 e. The number of nitrogens with zero attached hydrogens (tertiary/aromatic N) is 2. The third-order valence-electron chi connectivity index (χ3n) is 2.80. The first-order valence-corrected chi connectivity index (χ1v) is 5.21. The van der Waals surface area contributed by atoms with Crippen molar-refractivity contribution in [2.75, 3.05) is 0 Å². The predicted molar refractivity (Wildman–Crippen MR) is 61.0 cm³/mol. The quantitative estimate of drug-likeness (QED) is 0.836. The van der Waals surface area contributed by atoms with Gasteiger partial charge < -0.3 is 10.3 Å². The molecule has 16 heavy (non-hydrogen) atoms. The first-order valence-electron chi connectivity index (χ1n) is 5.21. The van der Waals surface area contributed by atoms with Crippen LogP contribution in [0.25, 0.3) is 0 Å². The Morgan fingerprint density at radius 2 is 2.00 bits per heavy atom. The van der Waals surface area contributed by atoms with E-state index in [2.05, 4.69) is 30.1 Å². The van der Waals surface area contributed by atoms with Crippen molar-refractivity contribution in [3.8, 4) is 0 Å². The van der Waals surface area contributed by atoms with E-state index in [4.69, 9.17) is 10.3 Å². The van der Waals surface area contributed by atoms with E-state index >= 15 is 0 Å². The van der Waals surface area contributed by atoms with E-state index in [0.717, 1.165) is 5.56 Å². The maximum Gasteiger partial charge on any atom is 0.223 e. The molecule has 1 unspecified atom stereocenters. The minimum atomic E-state index is -0.322. The molecule has 0 saturated carbocycles. The van der Waals surface area contributed by atoms with Crippen LogP contribution in [0.1, 0.15) is 34.4 Å². The topological polar surface area (TPSA) is 64.9 Å². The lowest BCUT2D eigenvalue weighted by Crippen LogP contribution is -2.15.